The normalized spacial score (nSPS) is 11.2. The number of rotatable bonds is 16. The van der Waals surface area contributed by atoms with Crippen LogP contribution in [-0.4, -0.2) is 38.2 Å². The Balaban J connectivity index is 1.83. The van der Waals surface area contributed by atoms with Crippen LogP contribution in [0.15, 0.2) is 40.9 Å². The van der Waals surface area contributed by atoms with Crippen LogP contribution in [-0.2, 0) is 13.2 Å². The molecule has 0 heterocycles. The molecule has 178 valence electrons. The lowest BCUT2D eigenvalue weighted by molar-refractivity contribution is 0.261. The minimum atomic E-state index is 0.513. The van der Waals surface area contributed by atoms with Crippen LogP contribution >= 0.6 is 15.9 Å². The predicted octanol–water partition coefficient (Wildman–Crippen LogP) is 6.73. The Morgan fingerprint density at radius 3 is 2.19 bits per heavy atom. The van der Waals surface area contributed by atoms with Gasteiger partial charge in [0.15, 0.2) is 11.5 Å². The van der Waals surface area contributed by atoms with Gasteiger partial charge in [0.2, 0.25) is 0 Å². The van der Waals surface area contributed by atoms with Crippen LogP contribution in [0.1, 0.15) is 62.6 Å². The Kier molecular flexibility index (Phi) is 12.8. The number of hydrogen-bond donors (Lipinski definition) is 1. The lowest BCUT2D eigenvalue weighted by Gasteiger charge is -2.22. The van der Waals surface area contributed by atoms with Crippen LogP contribution in [0.25, 0.3) is 0 Å². The van der Waals surface area contributed by atoms with E-state index in [-0.39, 0.29) is 0 Å². The largest absolute Gasteiger partial charge is 0.493 e. The summed E-state index contributed by atoms with van der Waals surface area (Å²) in [7, 11) is 1.69. The second kappa shape index (κ2) is 15.3. The van der Waals surface area contributed by atoms with Gasteiger partial charge in [-0.15, -0.1) is 0 Å². The molecule has 0 amide bonds. The molecule has 0 saturated carbocycles. The first-order chi connectivity index (χ1) is 15.6. The number of methoxy groups -OCH3 is 1. The first kappa shape index (κ1) is 26.7. The maximum Gasteiger partial charge on any atom is 0.175 e. The summed E-state index contributed by atoms with van der Waals surface area (Å²) in [5, 5.41) is 3.59. The van der Waals surface area contributed by atoms with E-state index in [0.29, 0.717) is 6.61 Å². The molecule has 0 atom stereocenters. The average Bonchev–Trinajstić information content (AvgIpc) is 2.80. The molecule has 4 nitrogen and oxygen atoms in total. The van der Waals surface area contributed by atoms with Crippen molar-refractivity contribution in [1.82, 2.24) is 10.2 Å². The first-order valence-electron chi connectivity index (χ1n) is 12.0. The van der Waals surface area contributed by atoms with Crippen LogP contribution in [0.3, 0.4) is 0 Å². The first-order valence-corrected chi connectivity index (χ1v) is 12.8. The number of nitrogens with one attached hydrogen (secondary N) is 1. The van der Waals surface area contributed by atoms with Crippen LogP contribution in [0.2, 0.25) is 0 Å². The summed E-state index contributed by atoms with van der Waals surface area (Å²) in [5.41, 5.74) is 3.58. The Hall–Kier alpha value is -1.56. The zero-order valence-corrected chi connectivity index (χ0v) is 22.0. The van der Waals surface area contributed by atoms with E-state index >= 15 is 0 Å². The van der Waals surface area contributed by atoms with Gasteiger partial charge < -0.3 is 19.7 Å². The molecule has 0 aliphatic heterocycles. The Bertz CT molecular complexity index is 772. The summed E-state index contributed by atoms with van der Waals surface area (Å²) in [6.45, 7) is 12.6. The molecule has 32 heavy (non-hydrogen) atoms. The molecule has 0 aliphatic rings. The summed E-state index contributed by atoms with van der Waals surface area (Å²) in [4.78, 5) is 2.62. The third-order valence-electron chi connectivity index (χ3n) is 5.61. The topological polar surface area (TPSA) is 33.7 Å². The molecule has 2 aromatic carbocycles. The highest BCUT2D eigenvalue weighted by molar-refractivity contribution is 9.10. The van der Waals surface area contributed by atoms with Gasteiger partial charge >= 0.3 is 0 Å². The molecule has 0 spiro atoms. The number of ether oxygens (including phenoxy) is 2. The molecule has 0 unspecified atom stereocenters. The molecule has 0 aromatic heterocycles. The molecular formula is C27H41BrN2O2. The average molecular weight is 506 g/mol. The minimum Gasteiger partial charge on any atom is -0.493 e. The van der Waals surface area contributed by atoms with Crippen LogP contribution in [0, 0.1) is 6.92 Å². The quantitative estimate of drug-likeness (QED) is 0.257. The lowest BCUT2D eigenvalue weighted by atomic mass is 10.1. The third-order valence-corrected chi connectivity index (χ3v) is 6.19. The smallest absolute Gasteiger partial charge is 0.175 e. The van der Waals surface area contributed by atoms with Crippen LogP contribution < -0.4 is 14.8 Å². The van der Waals surface area contributed by atoms with E-state index in [0.717, 1.165) is 34.6 Å². The summed E-state index contributed by atoms with van der Waals surface area (Å²) in [6, 6.07) is 12.6. The summed E-state index contributed by atoms with van der Waals surface area (Å²) < 4.78 is 12.6. The van der Waals surface area contributed by atoms with Crippen LogP contribution in [0.5, 0.6) is 11.5 Å². The highest BCUT2D eigenvalue weighted by Crippen LogP contribution is 2.37. The second-order valence-corrected chi connectivity index (χ2v) is 9.32. The molecule has 0 saturated heterocycles. The van der Waals surface area contributed by atoms with Crippen molar-refractivity contribution in [3.63, 3.8) is 0 Å². The maximum absolute atomic E-state index is 6.08. The fourth-order valence-electron chi connectivity index (χ4n) is 3.61. The number of unbranched alkanes of at least 4 members (excludes halogenated alkanes) is 2. The SMILES string of the molecule is CCCCN(CCCC)CCCNCc1cc(Br)c(OCc2ccc(C)cc2)c(OC)c1. The van der Waals surface area contributed by atoms with Gasteiger partial charge in [0.05, 0.1) is 11.6 Å². The van der Waals surface area contributed by atoms with E-state index in [9.17, 15) is 0 Å². The molecule has 0 fully saturated rings. The molecule has 2 aromatic rings. The van der Waals surface area contributed by atoms with E-state index in [2.05, 4.69) is 83.3 Å². The van der Waals surface area contributed by atoms with Gasteiger partial charge in [0, 0.05) is 6.54 Å². The van der Waals surface area contributed by atoms with Gasteiger partial charge in [-0.25, -0.2) is 0 Å². The van der Waals surface area contributed by atoms with Crippen molar-refractivity contribution in [2.75, 3.05) is 33.3 Å². The third kappa shape index (κ3) is 9.51. The number of aryl methyl sites for hydroxylation is 1. The molecule has 0 aliphatic carbocycles. The summed E-state index contributed by atoms with van der Waals surface area (Å²) in [5.74, 6) is 1.51. The highest BCUT2D eigenvalue weighted by atomic mass is 79.9. The van der Waals surface area contributed by atoms with Gasteiger partial charge in [-0.3, -0.25) is 0 Å². The van der Waals surface area contributed by atoms with Gasteiger partial charge in [-0.2, -0.15) is 0 Å². The van der Waals surface area contributed by atoms with Gasteiger partial charge in [0.25, 0.3) is 0 Å². The Morgan fingerprint density at radius 1 is 0.906 bits per heavy atom. The summed E-state index contributed by atoms with van der Waals surface area (Å²) >= 11 is 3.67. The fraction of sp³-hybridized carbons (Fsp3) is 0.556. The number of halogens is 1. The van der Waals surface area contributed by atoms with E-state index in [1.165, 1.54) is 62.9 Å². The van der Waals surface area contributed by atoms with E-state index in [4.69, 9.17) is 9.47 Å². The van der Waals surface area contributed by atoms with Crippen molar-refractivity contribution in [2.45, 2.75) is 66.0 Å². The van der Waals surface area contributed by atoms with E-state index < -0.39 is 0 Å². The lowest BCUT2D eigenvalue weighted by Crippen LogP contribution is -2.29. The van der Waals surface area contributed by atoms with Crippen molar-refractivity contribution in [3.8, 4) is 11.5 Å². The fourth-order valence-corrected chi connectivity index (χ4v) is 4.22. The van der Waals surface area contributed by atoms with Crippen molar-refractivity contribution in [2.24, 2.45) is 0 Å². The molecule has 2 rings (SSSR count). The molecule has 1 N–H and O–H groups in total. The molecular weight excluding hydrogens is 464 g/mol. The maximum atomic E-state index is 6.08. The molecule has 0 radical (unpaired) electrons. The van der Waals surface area contributed by atoms with Crippen molar-refractivity contribution in [3.05, 3.63) is 57.6 Å². The Labute approximate surface area is 203 Å². The monoisotopic (exact) mass is 504 g/mol. The highest BCUT2D eigenvalue weighted by Gasteiger charge is 2.12. The van der Waals surface area contributed by atoms with Gasteiger partial charge in [0.1, 0.15) is 6.61 Å². The number of nitrogens with zero attached hydrogens (tertiary/aromatic N) is 1. The van der Waals surface area contributed by atoms with Crippen molar-refractivity contribution >= 4 is 15.9 Å². The van der Waals surface area contributed by atoms with Gasteiger partial charge in [-0.05, 0) is 91.6 Å². The van der Waals surface area contributed by atoms with Crippen molar-refractivity contribution in [1.29, 1.82) is 0 Å². The standard InChI is InChI=1S/C27H41BrN2O2/c1-5-7-15-30(16-8-6-2)17-9-14-29-20-24-18-25(28)27(26(19-24)31-4)32-21-23-12-10-22(3)11-13-23/h10-13,18-19,29H,5-9,14-17,20-21H2,1-4H3. The molecule has 0 bridgehead atoms. The summed E-state index contributed by atoms with van der Waals surface area (Å²) in [6.07, 6.45) is 6.29. The minimum absolute atomic E-state index is 0.513. The van der Waals surface area contributed by atoms with E-state index in [1.807, 2.05) is 0 Å². The zero-order valence-electron chi connectivity index (χ0n) is 20.4. The predicted molar refractivity (Wildman–Crippen MR) is 139 cm³/mol. The second-order valence-electron chi connectivity index (χ2n) is 8.46. The van der Waals surface area contributed by atoms with Crippen LogP contribution in [0.4, 0.5) is 0 Å². The Morgan fingerprint density at radius 2 is 1.56 bits per heavy atom. The van der Waals surface area contributed by atoms with Gasteiger partial charge in [-0.1, -0.05) is 56.5 Å². The van der Waals surface area contributed by atoms with E-state index in [1.54, 1.807) is 7.11 Å². The molecule has 5 heteroatoms. The zero-order chi connectivity index (χ0) is 23.2. The van der Waals surface area contributed by atoms with Crippen molar-refractivity contribution < 1.29 is 9.47 Å². The number of hydrogen-bond acceptors (Lipinski definition) is 4. The number of benzene rings is 2.